The molecular weight excluding hydrogens is 418 g/mol. The summed E-state index contributed by atoms with van der Waals surface area (Å²) in [5.74, 6) is 0.170. The molecule has 29 heavy (non-hydrogen) atoms. The first kappa shape index (κ1) is 20.8. The summed E-state index contributed by atoms with van der Waals surface area (Å²) in [5, 5.41) is 18.7. The highest BCUT2D eigenvalue weighted by molar-refractivity contribution is 8.00. The molecule has 8 nitrogen and oxygen atoms in total. The Morgan fingerprint density at radius 2 is 1.97 bits per heavy atom. The fourth-order valence-corrected chi connectivity index (χ4v) is 3.50. The molecule has 152 valence electrons. The van der Waals surface area contributed by atoms with Crippen LogP contribution in [0.2, 0.25) is 5.02 Å². The molecule has 0 fully saturated rings. The molecule has 1 unspecified atom stereocenters. The molecule has 1 aromatic heterocycles. The molecule has 0 aliphatic heterocycles. The highest BCUT2D eigenvalue weighted by Crippen LogP contribution is 2.31. The Morgan fingerprint density at radius 1 is 1.24 bits per heavy atom. The zero-order valence-corrected chi connectivity index (χ0v) is 17.4. The van der Waals surface area contributed by atoms with Gasteiger partial charge in [0.1, 0.15) is 11.5 Å². The van der Waals surface area contributed by atoms with Gasteiger partial charge in [-0.2, -0.15) is 0 Å². The first-order valence-corrected chi connectivity index (χ1v) is 9.73. The molecule has 1 amide bonds. The number of hydrogen-bond donors (Lipinski definition) is 1. The average Bonchev–Trinajstić information content (AvgIpc) is 3.08. The first-order valence-electron chi connectivity index (χ1n) is 8.47. The molecule has 1 atom stereocenters. The van der Waals surface area contributed by atoms with Crippen LogP contribution >= 0.6 is 23.4 Å². The van der Waals surface area contributed by atoms with E-state index < -0.39 is 11.2 Å². The van der Waals surface area contributed by atoms with Crippen molar-refractivity contribution in [1.29, 1.82) is 0 Å². The molecule has 10 heteroatoms. The van der Waals surface area contributed by atoms with Gasteiger partial charge in [0, 0.05) is 17.2 Å². The number of hydrogen-bond acceptors (Lipinski definition) is 7. The van der Waals surface area contributed by atoms with Gasteiger partial charge in [-0.25, -0.2) is 0 Å². The van der Waals surface area contributed by atoms with Crippen LogP contribution < -0.4 is 24.6 Å². The molecule has 0 radical (unpaired) electrons. The minimum atomic E-state index is -0.634. The summed E-state index contributed by atoms with van der Waals surface area (Å²) in [5.41, 5.74) is 1.04. The summed E-state index contributed by atoms with van der Waals surface area (Å²) in [6, 6.07) is 11.8. The van der Waals surface area contributed by atoms with Crippen molar-refractivity contribution in [2.45, 2.75) is 17.2 Å². The monoisotopic (exact) mass is 435 g/mol. The number of halogens is 1. The number of aromatic nitrogens is 2. The topological polar surface area (TPSA) is 101 Å². The molecule has 0 saturated carbocycles. The van der Waals surface area contributed by atoms with Gasteiger partial charge in [-0.15, -0.1) is 0 Å². The number of amides is 1. The second-order valence-corrected chi connectivity index (χ2v) is 7.64. The molecule has 3 rings (SSSR count). The van der Waals surface area contributed by atoms with Gasteiger partial charge < -0.3 is 24.4 Å². The van der Waals surface area contributed by atoms with Crippen LogP contribution in [0.25, 0.3) is 5.69 Å². The molecule has 0 bridgehead atoms. The van der Waals surface area contributed by atoms with E-state index in [9.17, 15) is 9.90 Å². The average molecular weight is 436 g/mol. The Balaban J connectivity index is 1.78. The van der Waals surface area contributed by atoms with Crippen LogP contribution in [0.1, 0.15) is 6.92 Å². The predicted octanol–water partition coefficient (Wildman–Crippen LogP) is 2.81. The van der Waals surface area contributed by atoms with Gasteiger partial charge in [-0.05, 0) is 53.7 Å². The Bertz CT molecular complexity index is 1010. The highest BCUT2D eigenvalue weighted by atomic mass is 35.5. The molecule has 1 N–H and O–H groups in total. The van der Waals surface area contributed by atoms with Crippen LogP contribution in [-0.4, -0.2) is 30.6 Å². The Morgan fingerprint density at radius 3 is 2.62 bits per heavy atom. The van der Waals surface area contributed by atoms with Crippen molar-refractivity contribution in [3.8, 4) is 23.1 Å². The minimum Gasteiger partial charge on any atom is -0.538 e. The number of carbonyl (C=O) groups is 1. The van der Waals surface area contributed by atoms with Crippen molar-refractivity contribution >= 4 is 35.0 Å². The number of thioether (sulfide) groups is 1. The van der Waals surface area contributed by atoms with Crippen molar-refractivity contribution in [2.75, 3.05) is 19.5 Å². The summed E-state index contributed by atoms with van der Waals surface area (Å²) in [4.78, 5) is 12.7. The molecule has 0 saturated heterocycles. The van der Waals surface area contributed by atoms with Gasteiger partial charge in [0.05, 0.1) is 30.4 Å². The maximum Gasteiger partial charge on any atom is 0.298 e. The number of nitrogens with zero attached hydrogens (tertiary/aromatic N) is 2. The van der Waals surface area contributed by atoms with Crippen LogP contribution in [0, 0.1) is 0 Å². The fourth-order valence-electron chi connectivity index (χ4n) is 2.46. The molecule has 0 aliphatic rings. The lowest BCUT2D eigenvalue weighted by atomic mass is 10.3. The molecular formula is C19H18ClN3O5S. The van der Waals surface area contributed by atoms with Crippen LogP contribution in [0.4, 0.5) is 5.69 Å². The smallest absolute Gasteiger partial charge is 0.298 e. The van der Waals surface area contributed by atoms with Crippen LogP contribution in [0.15, 0.2) is 52.0 Å². The van der Waals surface area contributed by atoms with Gasteiger partial charge in [0.2, 0.25) is 11.6 Å². The van der Waals surface area contributed by atoms with E-state index in [-0.39, 0.29) is 10.9 Å². The third-order valence-electron chi connectivity index (χ3n) is 3.97. The zero-order valence-electron chi connectivity index (χ0n) is 15.8. The van der Waals surface area contributed by atoms with Crippen molar-refractivity contribution < 1.29 is 28.6 Å². The van der Waals surface area contributed by atoms with E-state index in [1.54, 1.807) is 56.5 Å². The molecule has 1 heterocycles. The van der Waals surface area contributed by atoms with E-state index in [1.807, 2.05) is 0 Å². The largest absolute Gasteiger partial charge is 0.538 e. The number of benzene rings is 2. The van der Waals surface area contributed by atoms with Crippen molar-refractivity contribution in [3.63, 3.8) is 0 Å². The number of methoxy groups -OCH3 is 2. The quantitative estimate of drug-likeness (QED) is 0.449. The number of carbonyl (C=O) groups excluding carboxylic acids is 1. The van der Waals surface area contributed by atoms with Crippen molar-refractivity contribution in [2.24, 2.45) is 0 Å². The standard InChI is InChI=1S/C19H18ClN3O5S/c1-11(17(24)21-15-10-12(20)4-9-16(15)27-3)29-18-19(25)28-22-23(18)13-5-7-14(26-2)8-6-13/h4-11H,1-3H3,(H-,21,22,24,25). The van der Waals surface area contributed by atoms with Crippen LogP contribution in [-0.2, 0) is 4.79 Å². The molecule has 0 spiro atoms. The normalized spacial score (nSPS) is 11.7. The van der Waals surface area contributed by atoms with Gasteiger partial charge in [-0.1, -0.05) is 11.6 Å². The zero-order chi connectivity index (χ0) is 21.0. The SMILES string of the molecule is COc1ccc(-[n+]2noc([O-])c2SC(C)C(=O)Nc2cc(Cl)ccc2OC)cc1. The first-order chi connectivity index (χ1) is 13.9. The summed E-state index contributed by atoms with van der Waals surface area (Å²) < 4.78 is 16.5. The summed E-state index contributed by atoms with van der Waals surface area (Å²) >= 11 is 7.03. The van der Waals surface area contributed by atoms with Gasteiger partial charge in [0.15, 0.2) is 5.95 Å². The third-order valence-corrected chi connectivity index (χ3v) is 5.33. The van der Waals surface area contributed by atoms with Crippen molar-refractivity contribution in [1.82, 2.24) is 5.27 Å². The van der Waals surface area contributed by atoms with Gasteiger partial charge in [0.25, 0.3) is 5.03 Å². The van der Waals surface area contributed by atoms with Gasteiger partial charge >= 0.3 is 0 Å². The molecule has 2 aromatic carbocycles. The minimum absolute atomic E-state index is 0.177. The maximum atomic E-state index is 12.7. The lowest BCUT2D eigenvalue weighted by molar-refractivity contribution is -0.705. The number of rotatable bonds is 7. The van der Waals surface area contributed by atoms with Crippen LogP contribution in [0.5, 0.6) is 17.4 Å². The van der Waals surface area contributed by atoms with E-state index in [4.69, 9.17) is 25.6 Å². The molecule has 0 aliphatic carbocycles. The summed E-state index contributed by atoms with van der Waals surface area (Å²) in [6.07, 6.45) is 0. The van der Waals surface area contributed by atoms with E-state index in [0.717, 1.165) is 11.8 Å². The van der Waals surface area contributed by atoms with E-state index in [0.29, 0.717) is 27.9 Å². The summed E-state index contributed by atoms with van der Waals surface area (Å²) in [7, 11) is 3.06. The van der Waals surface area contributed by atoms with E-state index in [2.05, 4.69) is 10.6 Å². The lowest BCUT2D eigenvalue weighted by Crippen LogP contribution is -2.36. The van der Waals surface area contributed by atoms with Crippen molar-refractivity contribution in [3.05, 3.63) is 47.5 Å². The fraction of sp³-hybridized carbons (Fsp3) is 0.211. The number of nitrogens with one attached hydrogen (secondary N) is 1. The Kier molecular flexibility index (Phi) is 6.50. The number of anilines is 1. The maximum absolute atomic E-state index is 12.7. The summed E-state index contributed by atoms with van der Waals surface area (Å²) in [6.45, 7) is 1.67. The molecule has 3 aromatic rings. The Labute approximate surface area is 176 Å². The number of ether oxygens (including phenoxy) is 2. The van der Waals surface area contributed by atoms with Gasteiger partial charge in [-0.3, -0.25) is 4.79 Å². The second-order valence-electron chi connectivity index (χ2n) is 5.87. The second kappa shape index (κ2) is 9.06. The van der Waals surface area contributed by atoms with E-state index in [1.165, 1.54) is 11.8 Å². The predicted molar refractivity (Wildman–Crippen MR) is 106 cm³/mol. The third kappa shape index (κ3) is 4.75. The van der Waals surface area contributed by atoms with E-state index >= 15 is 0 Å². The van der Waals surface area contributed by atoms with Crippen LogP contribution in [0.3, 0.4) is 0 Å². The lowest BCUT2D eigenvalue weighted by Gasteiger charge is -2.13. The highest BCUT2D eigenvalue weighted by Gasteiger charge is 2.27. The Hall–Kier alpha value is -2.91.